The van der Waals surface area contributed by atoms with Gasteiger partial charge in [0, 0.05) is 25.0 Å². The molecule has 0 bridgehead atoms. The number of anilines is 1. The number of allylic oxidation sites excluding steroid dienone is 1. The summed E-state index contributed by atoms with van der Waals surface area (Å²) in [6.07, 6.45) is 1.65. The van der Waals surface area contributed by atoms with Crippen molar-refractivity contribution in [2.75, 3.05) is 25.2 Å². The van der Waals surface area contributed by atoms with Crippen molar-refractivity contribution in [1.82, 2.24) is 9.88 Å². The number of amides is 1. The van der Waals surface area contributed by atoms with Crippen LogP contribution < -0.4 is 35.3 Å². The van der Waals surface area contributed by atoms with Crippen molar-refractivity contribution in [3.8, 4) is 0 Å². The Labute approximate surface area is 208 Å². The van der Waals surface area contributed by atoms with Crippen molar-refractivity contribution in [1.29, 1.82) is 0 Å². The Morgan fingerprint density at radius 2 is 2.16 bits per heavy atom. The number of nitrogens with zero attached hydrogens (tertiary/aromatic N) is 3. The first-order valence-corrected chi connectivity index (χ1v) is 10.3. The number of esters is 1. The van der Waals surface area contributed by atoms with E-state index in [0.29, 0.717) is 11.3 Å². The normalized spacial score (nSPS) is 20.0. The van der Waals surface area contributed by atoms with Gasteiger partial charge in [0.05, 0.1) is 17.9 Å². The number of thiazole rings is 1. The number of thioether (sulfide) groups is 1. The SMILES string of the molecule is CO/N=C(\C(=O)C[C@@H]1C(=O)N2C([C-]=O)=C(COC(C)=O)CS[C@H]12)c1csc(N)n1.[Na+].[OH-]. The molecule has 1 aromatic heterocycles. The minimum Gasteiger partial charge on any atom is -0.870 e. The molecule has 2 aliphatic rings. The topological polar surface area (TPSA) is 171 Å². The zero-order chi connectivity index (χ0) is 21.1. The molecule has 0 aliphatic carbocycles. The van der Waals surface area contributed by atoms with Crippen LogP contribution in [0, 0.1) is 5.92 Å². The van der Waals surface area contributed by atoms with Crippen LogP contribution in [0.2, 0.25) is 0 Å². The van der Waals surface area contributed by atoms with Crippen LogP contribution in [-0.4, -0.2) is 69.9 Å². The number of hydrogen-bond donors (Lipinski definition) is 1. The maximum Gasteiger partial charge on any atom is 1.00 e. The molecule has 0 unspecified atom stereocenters. The predicted octanol–water partition coefficient (Wildman–Crippen LogP) is -2.68. The van der Waals surface area contributed by atoms with Crippen LogP contribution in [-0.2, 0) is 28.8 Å². The number of nitrogen functional groups attached to an aromatic ring is 1. The summed E-state index contributed by atoms with van der Waals surface area (Å²) in [4.78, 5) is 57.9. The number of ketones is 1. The van der Waals surface area contributed by atoms with Crippen molar-refractivity contribution in [2.45, 2.75) is 18.7 Å². The molecule has 11 nitrogen and oxygen atoms in total. The van der Waals surface area contributed by atoms with E-state index in [1.807, 2.05) is 0 Å². The number of fused-ring (bicyclic) bond motifs is 1. The van der Waals surface area contributed by atoms with Crippen molar-refractivity contribution in [3.63, 3.8) is 0 Å². The van der Waals surface area contributed by atoms with E-state index in [0.717, 1.165) is 11.3 Å². The van der Waals surface area contributed by atoms with Crippen LogP contribution in [0.3, 0.4) is 0 Å². The molecule has 1 fully saturated rings. The van der Waals surface area contributed by atoms with Gasteiger partial charge in [-0.05, 0) is 5.75 Å². The first-order valence-electron chi connectivity index (χ1n) is 8.41. The van der Waals surface area contributed by atoms with E-state index in [1.54, 1.807) is 11.7 Å². The molecule has 3 heterocycles. The van der Waals surface area contributed by atoms with Gasteiger partial charge in [0.15, 0.2) is 16.6 Å². The van der Waals surface area contributed by atoms with E-state index in [9.17, 15) is 19.2 Å². The van der Waals surface area contributed by atoms with Crippen LogP contribution in [0.4, 0.5) is 5.13 Å². The summed E-state index contributed by atoms with van der Waals surface area (Å²) in [6, 6.07) is 0. The second-order valence-electron chi connectivity index (χ2n) is 6.17. The third-order valence-electron chi connectivity index (χ3n) is 4.32. The van der Waals surface area contributed by atoms with Gasteiger partial charge < -0.3 is 30.5 Å². The number of oxime groups is 1. The van der Waals surface area contributed by atoms with Crippen LogP contribution in [0.25, 0.3) is 0 Å². The molecule has 1 amide bonds. The van der Waals surface area contributed by atoms with E-state index >= 15 is 0 Å². The Kier molecular flexibility index (Phi) is 10.3. The molecule has 0 spiro atoms. The molecule has 14 heteroatoms. The van der Waals surface area contributed by atoms with Crippen molar-refractivity contribution in [2.24, 2.45) is 11.1 Å². The van der Waals surface area contributed by atoms with Crippen molar-refractivity contribution >= 4 is 57.9 Å². The van der Waals surface area contributed by atoms with E-state index in [4.69, 9.17) is 15.3 Å². The summed E-state index contributed by atoms with van der Waals surface area (Å²) in [6.45, 7) is 1.18. The fourth-order valence-corrected chi connectivity index (χ4v) is 4.95. The second kappa shape index (κ2) is 11.7. The third kappa shape index (κ3) is 5.73. The first kappa shape index (κ1) is 27.3. The number of ether oxygens (including phenoxy) is 1. The van der Waals surface area contributed by atoms with Crippen LogP contribution >= 0.6 is 23.1 Å². The number of nitrogens with two attached hydrogens (primary N) is 1. The van der Waals surface area contributed by atoms with Gasteiger partial charge in [0.25, 0.3) is 0 Å². The van der Waals surface area contributed by atoms with E-state index < -0.39 is 17.7 Å². The molecule has 1 saturated heterocycles. The quantitative estimate of drug-likeness (QED) is 0.104. The molecule has 0 radical (unpaired) electrons. The molecule has 0 aromatic carbocycles. The molecule has 1 aromatic rings. The van der Waals surface area contributed by atoms with Gasteiger partial charge in [-0.1, -0.05) is 10.9 Å². The largest absolute Gasteiger partial charge is 1.00 e. The number of hydrogen-bond acceptors (Lipinski definition) is 12. The van der Waals surface area contributed by atoms with Gasteiger partial charge in [-0.3, -0.25) is 14.4 Å². The molecule has 2 atom stereocenters. The summed E-state index contributed by atoms with van der Waals surface area (Å²) in [5, 5.41) is 5.22. The van der Waals surface area contributed by atoms with E-state index in [-0.39, 0.29) is 81.6 Å². The molecule has 3 N–H and O–H groups in total. The standard InChI is InChI=1S/C17H17N4O6S2.Na.H2O/c1-8(23)27-5-9-6-28-16-10(15(25)21(16)12(9)4-22)3-13(24)14(20-26-2)11-7-29-17(18)19-11;;/h7,10,16H,3,5-6H2,1-2H3,(H2,18,19);;1H2/q-1;+1;/p-1/b20-14-;;/t10-,16-;;/m1../s1. The van der Waals surface area contributed by atoms with Crippen molar-refractivity contribution < 1.29 is 63.8 Å². The maximum absolute atomic E-state index is 12.7. The van der Waals surface area contributed by atoms with Gasteiger partial charge in [-0.25, -0.2) is 4.98 Å². The Morgan fingerprint density at radius 3 is 2.71 bits per heavy atom. The summed E-state index contributed by atoms with van der Waals surface area (Å²) >= 11 is 2.55. The third-order valence-corrected chi connectivity index (χ3v) is 6.39. The first-order chi connectivity index (χ1) is 13.9. The minimum absolute atomic E-state index is 0. The monoisotopic (exact) mass is 477 g/mol. The Bertz CT molecular complexity index is 933. The van der Waals surface area contributed by atoms with Gasteiger partial charge in [-0.15, -0.1) is 28.7 Å². The summed E-state index contributed by atoms with van der Waals surface area (Å²) in [7, 11) is 1.30. The smallest absolute Gasteiger partial charge is 0.870 e. The van der Waals surface area contributed by atoms with Crippen molar-refractivity contribution in [3.05, 3.63) is 22.3 Å². The number of β-lactam (4-membered cyclic amide) rings is 1. The number of rotatable bonds is 8. The van der Waals surface area contributed by atoms with Crippen LogP contribution in [0.15, 0.2) is 21.8 Å². The maximum atomic E-state index is 12.7. The summed E-state index contributed by atoms with van der Waals surface area (Å²) < 4.78 is 4.93. The predicted molar refractivity (Wildman–Crippen MR) is 108 cm³/mol. The number of aromatic nitrogens is 1. The number of Topliss-reactive ketones (excluding diaryl/α,β-unsaturated/α-hetero) is 1. The zero-order valence-corrected chi connectivity index (χ0v) is 20.6. The molecule has 2 aliphatic heterocycles. The average Bonchev–Trinajstić information content (AvgIpc) is 3.13. The molecular weight excluding hydrogens is 459 g/mol. The number of carbonyl (C=O) groups excluding carboxylic acids is 4. The Hall–Kier alpha value is -1.77. The molecule has 3 rings (SSSR count). The van der Waals surface area contributed by atoms with Gasteiger partial charge in [-0.2, -0.15) is 0 Å². The number of carbonyl (C=O) groups is 3. The Morgan fingerprint density at radius 1 is 1.45 bits per heavy atom. The molecule has 0 saturated carbocycles. The zero-order valence-electron chi connectivity index (χ0n) is 17.0. The fourth-order valence-electron chi connectivity index (χ4n) is 3.01. The van der Waals surface area contributed by atoms with E-state index in [2.05, 4.69) is 10.1 Å². The summed E-state index contributed by atoms with van der Waals surface area (Å²) in [5.41, 5.74) is 6.46. The minimum atomic E-state index is -0.621. The van der Waals surface area contributed by atoms with Gasteiger partial charge >= 0.3 is 35.5 Å². The van der Waals surface area contributed by atoms with Crippen LogP contribution in [0.5, 0.6) is 0 Å². The van der Waals surface area contributed by atoms with Gasteiger partial charge in [0.2, 0.25) is 5.91 Å². The second-order valence-corrected chi connectivity index (χ2v) is 8.17. The molecule has 162 valence electrons. The van der Waals surface area contributed by atoms with Crippen LogP contribution in [0.1, 0.15) is 19.0 Å². The average molecular weight is 477 g/mol. The van der Waals surface area contributed by atoms with E-state index in [1.165, 1.54) is 30.7 Å². The molecule has 31 heavy (non-hydrogen) atoms. The fraction of sp³-hybridized carbons (Fsp3) is 0.412. The molecular formula is C17H18N4NaO7S2-. The Balaban J connectivity index is 0.00000240. The summed E-state index contributed by atoms with van der Waals surface area (Å²) in [5.74, 6) is -1.51. The van der Waals surface area contributed by atoms with Gasteiger partial charge in [0.1, 0.15) is 12.8 Å².